The van der Waals surface area contributed by atoms with Gasteiger partial charge in [0.15, 0.2) is 11.6 Å². The van der Waals surface area contributed by atoms with Crippen LogP contribution in [0.4, 0.5) is 11.4 Å². The van der Waals surface area contributed by atoms with Gasteiger partial charge in [-0.05, 0) is 42.3 Å². The summed E-state index contributed by atoms with van der Waals surface area (Å²) in [4.78, 5) is 24.6. The number of carbonyl (C=O) groups is 2. The van der Waals surface area contributed by atoms with Crippen molar-refractivity contribution in [2.75, 3.05) is 16.6 Å². The zero-order valence-corrected chi connectivity index (χ0v) is 22.5. The molecule has 1 saturated heterocycles. The van der Waals surface area contributed by atoms with Crippen LogP contribution in [-0.4, -0.2) is 26.6 Å². The van der Waals surface area contributed by atoms with Gasteiger partial charge in [0.1, 0.15) is 0 Å². The topological polar surface area (TPSA) is 102 Å². The van der Waals surface area contributed by atoms with Gasteiger partial charge >= 0.3 is 0 Å². The minimum Gasteiger partial charge on any atom is -0.378 e. The second-order valence-corrected chi connectivity index (χ2v) is 11.9. The average Bonchev–Trinajstić information content (AvgIpc) is 3.42. The highest BCUT2D eigenvalue weighted by Gasteiger charge is 2.42. The van der Waals surface area contributed by atoms with E-state index in [0.29, 0.717) is 29.8 Å². The van der Waals surface area contributed by atoms with Gasteiger partial charge in [0.25, 0.3) is 10.0 Å². The third-order valence-corrected chi connectivity index (χ3v) is 8.73. The van der Waals surface area contributed by atoms with Gasteiger partial charge in [-0.15, -0.1) is 0 Å². The number of ether oxygens (including phenoxy) is 1. The second-order valence-electron chi connectivity index (χ2n) is 10.2. The average molecular weight is 533 g/mol. The highest BCUT2D eigenvalue weighted by atomic mass is 32.2. The zero-order valence-electron chi connectivity index (χ0n) is 21.7. The summed E-state index contributed by atoms with van der Waals surface area (Å²) in [6.07, 6.45) is 0.938. The molecule has 0 aromatic heterocycles. The molecule has 8 heteroatoms. The monoisotopic (exact) mass is 532 g/mol. The number of ketones is 2. The van der Waals surface area contributed by atoms with Crippen molar-refractivity contribution in [3.63, 3.8) is 0 Å². The van der Waals surface area contributed by atoms with Crippen LogP contribution in [0.25, 0.3) is 0 Å². The standard InChI is InChI=1S/C30H32N2O5S/c1-4-27(33)21-6-5-7-22(16-21)32-38(35,36)23-12-13-26-25(17-23)30-24(14-15-37-30)28(31-26)19-8-10-20(11-9-19)29(34)18(2)3/h5-13,16-18,24,28,30-32H,4,14-15H2,1-3H3/t24-,28?,30?/m0/s1. The maximum atomic E-state index is 13.3. The van der Waals surface area contributed by atoms with E-state index in [-0.39, 0.29) is 40.4 Å². The van der Waals surface area contributed by atoms with Crippen LogP contribution in [-0.2, 0) is 14.8 Å². The number of carbonyl (C=O) groups excluding carboxylic acids is 2. The molecular weight excluding hydrogens is 500 g/mol. The molecule has 38 heavy (non-hydrogen) atoms. The fourth-order valence-corrected chi connectivity index (χ4v) is 6.39. The fraction of sp³-hybridized carbons (Fsp3) is 0.333. The van der Waals surface area contributed by atoms with Crippen molar-refractivity contribution in [2.24, 2.45) is 11.8 Å². The van der Waals surface area contributed by atoms with Gasteiger partial charge in [-0.3, -0.25) is 14.3 Å². The van der Waals surface area contributed by atoms with Crippen molar-refractivity contribution >= 4 is 33.0 Å². The largest absolute Gasteiger partial charge is 0.378 e. The molecule has 1 fully saturated rings. The first kappa shape index (κ1) is 26.1. The summed E-state index contributed by atoms with van der Waals surface area (Å²) in [5.74, 6) is 0.130. The second kappa shape index (κ2) is 10.3. The van der Waals surface area contributed by atoms with Gasteiger partial charge in [0.05, 0.1) is 17.0 Å². The Labute approximate surface area is 223 Å². The van der Waals surface area contributed by atoms with E-state index < -0.39 is 10.0 Å². The lowest BCUT2D eigenvalue weighted by Gasteiger charge is -2.36. The van der Waals surface area contributed by atoms with Crippen molar-refractivity contribution in [2.45, 2.75) is 50.7 Å². The van der Waals surface area contributed by atoms with E-state index in [9.17, 15) is 18.0 Å². The van der Waals surface area contributed by atoms with E-state index in [4.69, 9.17) is 4.74 Å². The summed E-state index contributed by atoms with van der Waals surface area (Å²) in [7, 11) is -3.89. The number of anilines is 2. The summed E-state index contributed by atoms with van der Waals surface area (Å²) >= 11 is 0. The van der Waals surface area contributed by atoms with E-state index in [1.54, 1.807) is 49.4 Å². The smallest absolute Gasteiger partial charge is 0.261 e. The molecule has 2 N–H and O–H groups in total. The molecule has 3 atom stereocenters. The lowest BCUT2D eigenvalue weighted by molar-refractivity contribution is 0.0827. The summed E-state index contributed by atoms with van der Waals surface area (Å²) < 4.78 is 35.3. The zero-order chi connectivity index (χ0) is 27.0. The summed E-state index contributed by atoms with van der Waals surface area (Å²) in [5, 5.41) is 3.59. The summed E-state index contributed by atoms with van der Waals surface area (Å²) in [6, 6.07) is 19.3. The molecule has 3 aromatic rings. The van der Waals surface area contributed by atoms with Gasteiger partial charge in [-0.2, -0.15) is 0 Å². The minimum atomic E-state index is -3.89. The molecule has 198 valence electrons. The maximum Gasteiger partial charge on any atom is 0.261 e. The predicted octanol–water partition coefficient (Wildman–Crippen LogP) is 6.16. The molecule has 0 amide bonds. The normalized spacial score (nSPS) is 20.4. The molecule has 3 aromatic carbocycles. The molecule has 5 rings (SSSR count). The Morgan fingerprint density at radius 3 is 2.50 bits per heavy atom. The molecule has 2 aliphatic heterocycles. The molecular formula is C30H32N2O5S. The number of hydrogen-bond donors (Lipinski definition) is 2. The maximum absolute atomic E-state index is 13.3. The molecule has 0 spiro atoms. The Bertz CT molecular complexity index is 1480. The summed E-state index contributed by atoms with van der Waals surface area (Å²) in [6.45, 7) is 6.14. The van der Waals surface area contributed by atoms with Gasteiger partial charge in [-0.25, -0.2) is 8.42 Å². The van der Waals surface area contributed by atoms with Gasteiger partial charge in [0, 0.05) is 52.9 Å². The van der Waals surface area contributed by atoms with Crippen LogP contribution in [0, 0.1) is 11.8 Å². The first-order valence-electron chi connectivity index (χ1n) is 13.0. The van der Waals surface area contributed by atoms with Crippen LogP contribution >= 0.6 is 0 Å². The minimum absolute atomic E-state index is 0.0161. The lowest BCUT2D eigenvalue weighted by atomic mass is 9.81. The molecule has 0 aliphatic carbocycles. The summed E-state index contributed by atoms with van der Waals surface area (Å²) in [5.41, 5.74) is 4.22. The molecule has 2 aliphatic rings. The third kappa shape index (κ3) is 4.98. The van der Waals surface area contributed by atoms with Crippen molar-refractivity contribution in [3.8, 4) is 0 Å². The quantitative estimate of drug-likeness (QED) is 0.337. The molecule has 0 saturated carbocycles. The SMILES string of the molecule is CCC(=O)c1cccc(NS(=O)(=O)c2ccc3c(c2)C2OCC[C@H]2C(c2ccc(C(=O)C(C)C)cc2)N3)c1. The van der Waals surface area contributed by atoms with Crippen LogP contribution in [0.2, 0.25) is 0 Å². The highest BCUT2D eigenvalue weighted by molar-refractivity contribution is 7.92. The predicted molar refractivity (Wildman–Crippen MR) is 147 cm³/mol. The lowest BCUT2D eigenvalue weighted by Crippen LogP contribution is -2.29. The van der Waals surface area contributed by atoms with Crippen molar-refractivity contribution in [3.05, 3.63) is 89.0 Å². The number of fused-ring (bicyclic) bond motifs is 3. The van der Waals surface area contributed by atoms with Crippen LogP contribution in [0.3, 0.4) is 0 Å². The highest BCUT2D eigenvalue weighted by Crippen LogP contribution is 2.50. The van der Waals surface area contributed by atoms with E-state index in [0.717, 1.165) is 23.2 Å². The van der Waals surface area contributed by atoms with Crippen LogP contribution in [0.5, 0.6) is 0 Å². The Balaban J connectivity index is 1.41. The van der Waals surface area contributed by atoms with Crippen molar-refractivity contribution in [1.82, 2.24) is 0 Å². The number of rotatable bonds is 8. The Morgan fingerprint density at radius 2 is 1.79 bits per heavy atom. The third-order valence-electron chi connectivity index (χ3n) is 7.35. The van der Waals surface area contributed by atoms with E-state index >= 15 is 0 Å². The molecule has 2 unspecified atom stereocenters. The number of hydrogen-bond acceptors (Lipinski definition) is 6. The van der Waals surface area contributed by atoms with Crippen molar-refractivity contribution < 1.29 is 22.7 Å². The van der Waals surface area contributed by atoms with Crippen molar-refractivity contribution in [1.29, 1.82) is 0 Å². The number of sulfonamides is 1. The van der Waals surface area contributed by atoms with Crippen LogP contribution in [0.15, 0.2) is 71.6 Å². The Morgan fingerprint density at radius 1 is 1.03 bits per heavy atom. The molecule has 0 radical (unpaired) electrons. The van der Waals surface area contributed by atoms with Gasteiger partial charge in [-0.1, -0.05) is 57.2 Å². The van der Waals surface area contributed by atoms with Crippen LogP contribution < -0.4 is 10.0 Å². The number of Topliss-reactive ketones (excluding diaryl/α,β-unsaturated/α-hetero) is 2. The molecule has 0 bridgehead atoms. The Hall–Kier alpha value is -3.49. The van der Waals surface area contributed by atoms with E-state index in [1.165, 1.54) is 0 Å². The first-order valence-corrected chi connectivity index (χ1v) is 14.5. The molecule has 2 heterocycles. The van der Waals surface area contributed by atoms with Crippen LogP contribution in [0.1, 0.15) is 77.6 Å². The number of benzene rings is 3. The number of nitrogens with one attached hydrogen (secondary N) is 2. The Kier molecular flexibility index (Phi) is 7.11. The van der Waals surface area contributed by atoms with Gasteiger partial charge in [0.2, 0.25) is 0 Å². The molecule has 7 nitrogen and oxygen atoms in total. The van der Waals surface area contributed by atoms with Gasteiger partial charge < -0.3 is 10.1 Å². The first-order chi connectivity index (χ1) is 18.2. The van der Waals surface area contributed by atoms with E-state index in [2.05, 4.69) is 10.0 Å². The van der Waals surface area contributed by atoms with E-state index in [1.807, 2.05) is 38.1 Å². The fourth-order valence-electron chi connectivity index (χ4n) is 5.31.